The maximum Gasteiger partial charge on any atom is 0.125 e. The maximum atomic E-state index is 11.4. The molecule has 2 aromatic rings. The number of halogens is 1. The lowest BCUT2D eigenvalue weighted by molar-refractivity contribution is 0.0196. The number of benzene rings is 1. The summed E-state index contributed by atoms with van der Waals surface area (Å²) >= 11 is 7.53. The summed E-state index contributed by atoms with van der Waals surface area (Å²) in [6.07, 6.45) is 7.95. The van der Waals surface area contributed by atoms with Gasteiger partial charge in [0.1, 0.15) is 23.0 Å². The van der Waals surface area contributed by atoms with Gasteiger partial charge in [-0.2, -0.15) is 0 Å². The Kier molecular flexibility index (Phi) is 6.26. The molecule has 2 aliphatic rings. The predicted octanol–water partition coefficient (Wildman–Crippen LogP) is 5.30. The van der Waals surface area contributed by atoms with Crippen molar-refractivity contribution in [2.24, 2.45) is 0 Å². The van der Waals surface area contributed by atoms with E-state index in [4.69, 9.17) is 21.3 Å². The van der Waals surface area contributed by atoms with E-state index in [-0.39, 0.29) is 0 Å². The summed E-state index contributed by atoms with van der Waals surface area (Å²) in [6.45, 7) is 4.54. The molecule has 0 amide bonds. The number of thiazole rings is 1. The number of likely N-dealkylation sites (tertiary alicyclic amines) is 1. The zero-order valence-electron chi connectivity index (χ0n) is 16.5. The van der Waals surface area contributed by atoms with Gasteiger partial charge in [0.15, 0.2) is 0 Å². The molecule has 2 fully saturated rings. The van der Waals surface area contributed by atoms with Crippen molar-refractivity contribution in [2.75, 3.05) is 13.1 Å². The average Bonchev–Trinajstić information content (AvgIpc) is 3.30. The van der Waals surface area contributed by atoms with Gasteiger partial charge in [-0.1, -0.05) is 24.4 Å². The highest BCUT2D eigenvalue weighted by Gasteiger charge is 2.37. The lowest BCUT2D eigenvalue weighted by atomic mass is 9.96. The first-order valence-corrected chi connectivity index (χ1v) is 11.5. The van der Waals surface area contributed by atoms with Crippen molar-refractivity contribution in [3.8, 4) is 5.75 Å². The Labute approximate surface area is 176 Å². The predicted molar refractivity (Wildman–Crippen MR) is 114 cm³/mol. The molecule has 28 heavy (non-hydrogen) atoms. The van der Waals surface area contributed by atoms with Gasteiger partial charge in [-0.25, -0.2) is 4.98 Å². The number of aromatic nitrogens is 1. The Bertz CT molecular complexity index is 788. The summed E-state index contributed by atoms with van der Waals surface area (Å²) in [4.78, 5) is 8.43. The van der Waals surface area contributed by atoms with Crippen LogP contribution >= 0.6 is 22.9 Å². The van der Waals surface area contributed by atoms with Gasteiger partial charge in [0.05, 0.1) is 10.6 Å². The van der Waals surface area contributed by atoms with Crippen molar-refractivity contribution in [2.45, 2.75) is 70.1 Å². The number of nitrogens with zero attached hydrogens (tertiary/aromatic N) is 2. The van der Waals surface area contributed by atoms with Gasteiger partial charge in [0, 0.05) is 17.6 Å². The highest BCUT2D eigenvalue weighted by molar-refractivity contribution is 7.11. The fourth-order valence-corrected chi connectivity index (χ4v) is 5.68. The van der Waals surface area contributed by atoms with E-state index in [2.05, 4.69) is 4.90 Å². The molecule has 4 rings (SSSR count). The fraction of sp³-hybridized carbons (Fsp3) is 0.591. The molecular weight excluding hydrogens is 392 g/mol. The summed E-state index contributed by atoms with van der Waals surface area (Å²) in [5.41, 5.74) is 0.153. The first-order valence-electron chi connectivity index (χ1n) is 10.4. The van der Waals surface area contributed by atoms with Crippen LogP contribution in [0.5, 0.6) is 5.75 Å². The summed E-state index contributed by atoms with van der Waals surface area (Å²) in [7, 11) is 0. The molecule has 152 valence electrons. The van der Waals surface area contributed by atoms with Crippen LogP contribution in [-0.2, 0) is 12.2 Å². The van der Waals surface area contributed by atoms with Crippen LogP contribution in [0.25, 0.3) is 0 Å². The molecule has 1 saturated carbocycles. The molecule has 1 unspecified atom stereocenters. The third-order valence-corrected chi connectivity index (χ3v) is 7.74. The van der Waals surface area contributed by atoms with E-state index in [1.807, 2.05) is 31.2 Å². The van der Waals surface area contributed by atoms with Crippen LogP contribution in [0, 0.1) is 6.92 Å². The van der Waals surface area contributed by atoms with Gasteiger partial charge in [0.25, 0.3) is 0 Å². The topological polar surface area (TPSA) is 45.6 Å². The van der Waals surface area contributed by atoms with Crippen LogP contribution in [0.1, 0.15) is 60.5 Å². The molecular formula is C22H29ClN2O2S. The second-order valence-corrected chi connectivity index (χ2v) is 9.65. The van der Waals surface area contributed by atoms with Gasteiger partial charge in [-0.3, -0.25) is 0 Å². The molecule has 6 heteroatoms. The van der Waals surface area contributed by atoms with Crippen LogP contribution in [-0.4, -0.2) is 34.1 Å². The number of hydrogen-bond acceptors (Lipinski definition) is 5. The van der Waals surface area contributed by atoms with Gasteiger partial charge >= 0.3 is 0 Å². The second kappa shape index (κ2) is 8.70. The normalized spacial score (nSPS) is 24.4. The van der Waals surface area contributed by atoms with Crippen molar-refractivity contribution >= 4 is 22.9 Å². The van der Waals surface area contributed by atoms with Gasteiger partial charge in [-0.05, 0) is 69.8 Å². The number of ether oxygens (including phenoxy) is 1. The zero-order valence-corrected chi connectivity index (χ0v) is 18.1. The molecule has 1 atom stereocenters. The van der Waals surface area contributed by atoms with E-state index in [1.165, 1.54) is 25.7 Å². The minimum absolute atomic E-state index is 0.468. The van der Waals surface area contributed by atoms with Crippen LogP contribution in [0.15, 0.2) is 24.3 Å². The summed E-state index contributed by atoms with van der Waals surface area (Å²) in [6, 6.07) is 8.12. The van der Waals surface area contributed by atoms with E-state index < -0.39 is 5.60 Å². The third-order valence-electron chi connectivity index (χ3n) is 6.16. The molecule has 1 aliphatic carbocycles. The molecule has 4 nitrogen and oxygen atoms in total. The summed E-state index contributed by atoms with van der Waals surface area (Å²) < 4.78 is 5.89. The molecule has 0 radical (unpaired) electrons. The second-order valence-electron chi connectivity index (χ2n) is 8.13. The van der Waals surface area contributed by atoms with E-state index >= 15 is 0 Å². The Morgan fingerprint density at radius 1 is 1.18 bits per heavy atom. The monoisotopic (exact) mass is 420 g/mol. The first kappa shape index (κ1) is 20.1. The summed E-state index contributed by atoms with van der Waals surface area (Å²) in [5, 5.41) is 13.0. The molecule has 2 heterocycles. The van der Waals surface area contributed by atoms with Crippen LogP contribution in [0.2, 0.25) is 5.02 Å². The van der Waals surface area contributed by atoms with Crippen LogP contribution in [0.3, 0.4) is 0 Å². The van der Waals surface area contributed by atoms with E-state index in [0.29, 0.717) is 11.6 Å². The van der Waals surface area contributed by atoms with Crippen molar-refractivity contribution in [1.82, 2.24) is 9.88 Å². The van der Waals surface area contributed by atoms with Crippen molar-refractivity contribution in [3.63, 3.8) is 0 Å². The Morgan fingerprint density at radius 3 is 2.68 bits per heavy atom. The van der Waals surface area contributed by atoms with Crippen LogP contribution < -0.4 is 4.74 Å². The smallest absolute Gasteiger partial charge is 0.125 e. The zero-order chi connectivity index (χ0) is 19.6. The average molecular weight is 421 g/mol. The Hall–Kier alpha value is -1.14. The summed E-state index contributed by atoms with van der Waals surface area (Å²) in [5.74, 6) is 0.791. The van der Waals surface area contributed by atoms with Crippen LogP contribution in [0.4, 0.5) is 0 Å². The molecule has 1 aliphatic heterocycles. The SMILES string of the molecule is Cc1nc(C2(O)CCCN(C3CCCC3)CC2)sc1COc1ccc(Cl)cc1. The highest BCUT2D eigenvalue weighted by Crippen LogP contribution is 2.38. The maximum absolute atomic E-state index is 11.4. The van der Waals surface area contributed by atoms with Crippen molar-refractivity contribution < 1.29 is 9.84 Å². The standard InChI is InChI=1S/C22H29ClN2O2S/c1-16-20(15-27-19-9-7-17(23)8-10-19)28-21(24-16)22(26)11-4-13-25(14-12-22)18-5-2-3-6-18/h7-10,18,26H,2-6,11-15H2,1H3. The number of aryl methyl sites for hydroxylation is 1. The molecule has 1 N–H and O–H groups in total. The highest BCUT2D eigenvalue weighted by atomic mass is 35.5. The number of rotatable bonds is 5. The first-order chi connectivity index (χ1) is 13.5. The van der Waals surface area contributed by atoms with Gasteiger partial charge in [0.2, 0.25) is 0 Å². The quantitative estimate of drug-likeness (QED) is 0.712. The number of hydrogen-bond donors (Lipinski definition) is 1. The lowest BCUT2D eigenvalue weighted by Gasteiger charge is -2.28. The third kappa shape index (κ3) is 4.54. The van der Waals surface area contributed by atoms with Crippen molar-refractivity contribution in [3.05, 3.63) is 44.9 Å². The van der Waals surface area contributed by atoms with Crippen molar-refractivity contribution in [1.29, 1.82) is 0 Å². The van der Waals surface area contributed by atoms with E-state index in [1.54, 1.807) is 11.3 Å². The van der Waals surface area contributed by atoms with Gasteiger partial charge in [-0.15, -0.1) is 11.3 Å². The van der Waals surface area contributed by atoms with Gasteiger partial charge < -0.3 is 14.7 Å². The molecule has 1 aromatic heterocycles. The fourth-order valence-electron chi connectivity index (χ4n) is 4.43. The number of aliphatic hydroxyl groups is 1. The Morgan fingerprint density at radius 2 is 1.93 bits per heavy atom. The molecule has 1 saturated heterocycles. The minimum atomic E-state index is -0.804. The molecule has 1 aromatic carbocycles. The molecule has 0 bridgehead atoms. The largest absolute Gasteiger partial charge is 0.488 e. The Balaban J connectivity index is 1.42. The molecule has 0 spiro atoms. The van der Waals surface area contributed by atoms with E-state index in [9.17, 15) is 5.11 Å². The minimum Gasteiger partial charge on any atom is -0.488 e. The lowest BCUT2D eigenvalue weighted by Crippen LogP contribution is -2.35. The van der Waals surface area contributed by atoms with E-state index in [0.717, 1.165) is 59.7 Å².